The smallest absolute Gasteiger partial charge is 0.0771 e. The summed E-state index contributed by atoms with van der Waals surface area (Å²) in [5, 5.41) is 8.14. The summed E-state index contributed by atoms with van der Waals surface area (Å²) in [6.45, 7) is 4.07. The number of hydrogen-bond donors (Lipinski definition) is 1. The average Bonchev–Trinajstić information content (AvgIpc) is 3.23. The third-order valence-electron chi connectivity index (χ3n) is 4.87. The molecule has 0 amide bonds. The molecule has 116 valence electrons. The number of ether oxygens (including phenoxy) is 1. The zero-order valence-corrected chi connectivity index (χ0v) is 13.0. The first-order valence-electron chi connectivity index (χ1n) is 8.28. The van der Waals surface area contributed by atoms with Crippen molar-refractivity contribution in [1.29, 1.82) is 0 Å². The molecular weight excluding hydrogens is 274 g/mol. The van der Waals surface area contributed by atoms with Crippen LogP contribution >= 0.6 is 0 Å². The third kappa shape index (κ3) is 2.63. The summed E-state index contributed by atoms with van der Waals surface area (Å²) in [4.78, 5) is 0. The van der Waals surface area contributed by atoms with Crippen LogP contribution in [-0.4, -0.2) is 22.5 Å². The van der Waals surface area contributed by atoms with Crippen molar-refractivity contribution in [3.63, 3.8) is 0 Å². The monoisotopic (exact) mass is 297 g/mol. The van der Waals surface area contributed by atoms with Gasteiger partial charge < -0.3 is 10.1 Å². The van der Waals surface area contributed by atoms with Crippen molar-refractivity contribution in [3.8, 4) is 0 Å². The molecule has 3 atom stereocenters. The Morgan fingerprint density at radius 3 is 3.14 bits per heavy atom. The Labute approximate surface area is 131 Å². The summed E-state index contributed by atoms with van der Waals surface area (Å²) in [5.74, 6) is 0.610. The number of nitrogens with one attached hydrogen (secondary N) is 1. The lowest BCUT2D eigenvalue weighted by Gasteiger charge is -2.18. The molecule has 2 aromatic rings. The van der Waals surface area contributed by atoms with Crippen LogP contribution in [0.1, 0.15) is 36.9 Å². The number of rotatable bonds is 4. The first-order valence-corrected chi connectivity index (χ1v) is 8.28. The molecule has 1 fully saturated rings. The number of nitrogens with zero attached hydrogens (tertiary/aromatic N) is 2. The van der Waals surface area contributed by atoms with Gasteiger partial charge in [-0.15, -0.1) is 0 Å². The summed E-state index contributed by atoms with van der Waals surface area (Å²) in [6, 6.07) is 9.14. The zero-order valence-electron chi connectivity index (χ0n) is 13.0. The Hall–Kier alpha value is -1.81. The van der Waals surface area contributed by atoms with E-state index in [0.29, 0.717) is 18.1 Å². The van der Waals surface area contributed by atoms with Crippen LogP contribution < -0.4 is 5.32 Å². The fourth-order valence-electron chi connectivity index (χ4n) is 3.73. The maximum Gasteiger partial charge on any atom is 0.0771 e. The van der Waals surface area contributed by atoms with Crippen LogP contribution in [0.2, 0.25) is 0 Å². The Balaban J connectivity index is 1.46. The van der Waals surface area contributed by atoms with Crippen LogP contribution in [0.25, 0.3) is 0 Å². The highest BCUT2D eigenvalue weighted by molar-refractivity contribution is 5.46. The van der Waals surface area contributed by atoms with Gasteiger partial charge in [0.1, 0.15) is 0 Å². The number of anilines is 1. The summed E-state index contributed by atoms with van der Waals surface area (Å²) in [7, 11) is 0. The third-order valence-corrected chi connectivity index (χ3v) is 4.87. The molecular formula is C18H23N3O. The van der Waals surface area contributed by atoms with E-state index in [2.05, 4.69) is 47.8 Å². The molecule has 1 aromatic carbocycles. The second-order valence-corrected chi connectivity index (χ2v) is 6.59. The number of aromatic nitrogens is 2. The highest BCUT2D eigenvalue weighted by Crippen LogP contribution is 2.37. The summed E-state index contributed by atoms with van der Waals surface area (Å²) in [6.07, 6.45) is 7.85. The van der Waals surface area contributed by atoms with Gasteiger partial charge in [0, 0.05) is 12.8 Å². The maximum atomic E-state index is 5.68. The van der Waals surface area contributed by atoms with Gasteiger partial charge in [-0.2, -0.15) is 5.10 Å². The van der Waals surface area contributed by atoms with Gasteiger partial charge in [-0.05, 0) is 36.3 Å². The molecule has 0 bridgehead atoms. The highest BCUT2D eigenvalue weighted by atomic mass is 16.5. The lowest BCUT2D eigenvalue weighted by molar-refractivity contribution is 0.0940. The summed E-state index contributed by atoms with van der Waals surface area (Å²) >= 11 is 0. The molecule has 22 heavy (non-hydrogen) atoms. The van der Waals surface area contributed by atoms with Gasteiger partial charge in [0.05, 0.1) is 30.6 Å². The normalized spacial score (nSPS) is 27.0. The molecule has 0 spiro atoms. The topological polar surface area (TPSA) is 39.1 Å². The molecule has 2 heterocycles. The molecule has 1 aliphatic heterocycles. The molecule has 1 aliphatic carbocycles. The van der Waals surface area contributed by atoms with Gasteiger partial charge in [-0.1, -0.05) is 31.2 Å². The van der Waals surface area contributed by atoms with E-state index in [4.69, 9.17) is 4.74 Å². The second-order valence-electron chi connectivity index (χ2n) is 6.59. The van der Waals surface area contributed by atoms with Gasteiger partial charge in [0.15, 0.2) is 0 Å². The van der Waals surface area contributed by atoms with E-state index < -0.39 is 0 Å². The Bertz CT molecular complexity index is 645. The van der Waals surface area contributed by atoms with E-state index in [0.717, 1.165) is 31.7 Å². The van der Waals surface area contributed by atoms with Crippen LogP contribution in [0.15, 0.2) is 36.7 Å². The predicted molar refractivity (Wildman–Crippen MR) is 86.9 cm³/mol. The van der Waals surface area contributed by atoms with Crippen LogP contribution in [0.4, 0.5) is 5.69 Å². The number of hydrogen-bond acceptors (Lipinski definition) is 3. The van der Waals surface area contributed by atoms with Crippen molar-refractivity contribution in [2.75, 3.05) is 11.9 Å². The second kappa shape index (κ2) is 5.76. The Morgan fingerprint density at radius 1 is 1.36 bits per heavy atom. The van der Waals surface area contributed by atoms with Crippen molar-refractivity contribution in [2.24, 2.45) is 5.92 Å². The molecule has 4 rings (SSSR count). The largest absolute Gasteiger partial charge is 0.376 e. The molecule has 4 nitrogen and oxygen atoms in total. The Morgan fingerprint density at radius 2 is 2.27 bits per heavy atom. The van der Waals surface area contributed by atoms with E-state index in [1.54, 1.807) is 0 Å². The van der Waals surface area contributed by atoms with Gasteiger partial charge in [-0.3, -0.25) is 4.68 Å². The first kappa shape index (κ1) is 13.8. The molecule has 3 unspecified atom stereocenters. The molecule has 2 aliphatic rings. The zero-order chi connectivity index (χ0) is 14.9. The molecule has 0 saturated carbocycles. The van der Waals surface area contributed by atoms with E-state index in [1.165, 1.54) is 17.5 Å². The lowest BCUT2D eigenvalue weighted by atomic mass is 10.0. The van der Waals surface area contributed by atoms with E-state index >= 15 is 0 Å². The minimum absolute atomic E-state index is 0.332. The minimum Gasteiger partial charge on any atom is -0.376 e. The van der Waals surface area contributed by atoms with Crippen molar-refractivity contribution < 1.29 is 4.74 Å². The SMILES string of the molecule is CC1Cc2ccccc2C1Nc1cnn(CC2CCCO2)c1. The van der Waals surface area contributed by atoms with E-state index in [1.807, 2.05) is 10.9 Å². The van der Waals surface area contributed by atoms with Gasteiger partial charge in [0.25, 0.3) is 0 Å². The predicted octanol–water partition coefficient (Wildman–Crippen LogP) is 3.41. The molecule has 1 aromatic heterocycles. The van der Waals surface area contributed by atoms with Crippen LogP contribution in [0.5, 0.6) is 0 Å². The fourth-order valence-corrected chi connectivity index (χ4v) is 3.73. The first-order chi connectivity index (χ1) is 10.8. The van der Waals surface area contributed by atoms with Crippen molar-refractivity contribution >= 4 is 5.69 Å². The van der Waals surface area contributed by atoms with Crippen LogP contribution in [-0.2, 0) is 17.7 Å². The summed E-state index contributed by atoms with van der Waals surface area (Å²) in [5.41, 5.74) is 4.01. The molecule has 1 N–H and O–H groups in total. The average molecular weight is 297 g/mol. The van der Waals surface area contributed by atoms with Crippen LogP contribution in [0, 0.1) is 5.92 Å². The molecule has 4 heteroatoms. The molecule has 1 saturated heterocycles. The highest BCUT2D eigenvalue weighted by Gasteiger charge is 2.29. The van der Waals surface area contributed by atoms with Gasteiger partial charge in [-0.25, -0.2) is 0 Å². The van der Waals surface area contributed by atoms with Crippen molar-refractivity contribution in [3.05, 3.63) is 47.8 Å². The quantitative estimate of drug-likeness (QED) is 0.940. The summed E-state index contributed by atoms with van der Waals surface area (Å²) < 4.78 is 7.69. The lowest BCUT2D eigenvalue weighted by Crippen LogP contribution is -2.15. The minimum atomic E-state index is 0.332. The fraction of sp³-hybridized carbons (Fsp3) is 0.500. The standard InChI is InChI=1S/C18H23N3O/c1-13-9-14-5-2-3-7-17(14)18(13)20-15-10-19-21(11-15)12-16-6-4-8-22-16/h2-3,5,7,10-11,13,16,18,20H,4,6,8-9,12H2,1H3. The number of benzene rings is 1. The number of fused-ring (bicyclic) bond motifs is 1. The van der Waals surface area contributed by atoms with Crippen LogP contribution in [0.3, 0.4) is 0 Å². The molecule has 0 radical (unpaired) electrons. The van der Waals surface area contributed by atoms with Crippen molar-refractivity contribution in [1.82, 2.24) is 9.78 Å². The Kier molecular flexibility index (Phi) is 3.62. The maximum absolute atomic E-state index is 5.68. The van der Waals surface area contributed by atoms with E-state index in [-0.39, 0.29) is 0 Å². The van der Waals surface area contributed by atoms with Crippen molar-refractivity contribution in [2.45, 2.75) is 44.9 Å². The van der Waals surface area contributed by atoms with Gasteiger partial charge in [0.2, 0.25) is 0 Å². The van der Waals surface area contributed by atoms with Gasteiger partial charge >= 0.3 is 0 Å². The van der Waals surface area contributed by atoms with E-state index in [9.17, 15) is 0 Å².